The maximum Gasteiger partial charge on any atom is 0.219 e. The molecule has 2 aliphatic rings. The Hall–Kier alpha value is -1.91. The monoisotopic (exact) mass is 397 g/mol. The number of amides is 1. The molecule has 0 bridgehead atoms. The fourth-order valence-electron chi connectivity index (χ4n) is 4.68. The Morgan fingerprint density at radius 1 is 1.07 bits per heavy atom. The van der Waals surface area contributed by atoms with Crippen molar-refractivity contribution in [3.05, 3.63) is 64.4 Å². The van der Waals surface area contributed by atoms with Crippen LogP contribution < -0.4 is 0 Å². The van der Waals surface area contributed by atoms with Gasteiger partial charge in [0.05, 0.1) is 11.7 Å². The van der Waals surface area contributed by atoms with E-state index < -0.39 is 0 Å². The van der Waals surface area contributed by atoms with E-state index in [4.69, 9.17) is 16.6 Å². The van der Waals surface area contributed by atoms with Crippen LogP contribution in [0.5, 0.6) is 0 Å². The number of aromatic nitrogens is 1. The Morgan fingerprint density at radius 3 is 2.61 bits per heavy atom. The van der Waals surface area contributed by atoms with Gasteiger partial charge in [-0.25, -0.2) is 0 Å². The number of hydrogen-bond donors (Lipinski definition) is 0. The zero-order chi connectivity index (χ0) is 19.5. The maximum absolute atomic E-state index is 11.6. The molecule has 0 N–H and O–H groups in total. The van der Waals surface area contributed by atoms with E-state index >= 15 is 0 Å². The molecule has 2 aliphatic heterocycles. The van der Waals surface area contributed by atoms with Gasteiger partial charge in [0.15, 0.2) is 0 Å². The molecule has 2 saturated heterocycles. The van der Waals surface area contributed by atoms with Gasteiger partial charge in [0, 0.05) is 43.2 Å². The van der Waals surface area contributed by atoms with Gasteiger partial charge in [0.25, 0.3) is 0 Å². The van der Waals surface area contributed by atoms with Crippen LogP contribution in [-0.4, -0.2) is 46.4 Å². The molecular formula is C23H28ClN3O. The van der Waals surface area contributed by atoms with Crippen molar-refractivity contribution in [3.63, 3.8) is 0 Å². The predicted molar refractivity (Wildman–Crippen MR) is 112 cm³/mol. The Kier molecular flexibility index (Phi) is 5.98. The van der Waals surface area contributed by atoms with Gasteiger partial charge in [0.2, 0.25) is 5.91 Å². The number of rotatable bonds is 4. The van der Waals surface area contributed by atoms with Crippen molar-refractivity contribution in [1.82, 2.24) is 14.8 Å². The van der Waals surface area contributed by atoms with Crippen LogP contribution in [0.1, 0.15) is 55.6 Å². The average molecular weight is 398 g/mol. The largest absolute Gasteiger partial charge is 0.343 e. The minimum Gasteiger partial charge on any atom is -0.343 e. The molecule has 3 heterocycles. The van der Waals surface area contributed by atoms with E-state index in [-0.39, 0.29) is 5.91 Å². The van der Waals surface area contributed by atoms with Crippen LogP contribution in [0, 0.1) is 0 Å². The summed E-state index contributed by atoms with van der Waals surface area (Å²) in [5.41, 5.74) is 3.37. The molecule has 0 aliphatic carbocycles. The van der Waals surface area contributed by atoms with Crippen molar-refractivity contribution in [2.45, 2.75) is 51.1 Å². The molecule has 0 spiro atoms. The van der Waals surface area contributed by atoms with E-state index in [1.165, 1.54) is 12.1 Å². The van der Waals surface area contributed by atoms with Gasteiger partial charge in [-0.05, 0) is 56.0 Å². The molecule has 1 aromatic carbocycles. The van der Waals surface area contributed by atoms with Crippen molar-refractivity contribution in [3.8, 4) is 0 Å². The quantitative estimate of drug-likeness (QED) is 0.763. The summed E-state index contributed by atoms with van der Waals surface area (Å²) in [5, 5.41) is 0.800. The lowest BCUT2D eigenvalue weighted by Crippen LogP contribution is -2.46. The first-order chi connectivity index (χ1) is 13.6. The van der Waals surface area contributed by atoms with Gasteiger partial charge < -0.3 is 4.90 Å². The van der Waals surface area contributed by atoms with E-state index in [0.717, 1.165) is 61.6 Å². The summed E-state index contributed by atoms with van der Waals surface area (Å²) < 4.78 is 0. The normalized spacial score (nSPS) is 21.2. The van der Waals surface area contributed by atoms with Gasteiger partial charge in [-0.3, -0.25) is 14.7 Å². The highest BCUT2D eigenvalue weighted by Gasteiger charge is 2.34. The third-order valence-electron chi connectivity index (χ3n) is 6.17. The third kappa shape index (κ3) is 4.23. The van der Waals surface area contributed by atoms with E-state index in [1.807, 2.05) is 23.1 Å². The molecule has 0 saturated carbocycles. The minimum absolute atomic E-state index is 0.199. The van der Waals surface area contributed by atoms with Crippen molar-refractivity contribution < 1.29 is 4.79 Å². The zero-order valence-corrected chi connectivity index (χ0v) is 17.2. The molecular weight excluding hydrogens is 370 g/mol. The second-order valence-corrected chi connectivity index (χ2v) is 8.36. The number of halogens is 1. The average Bonchev–Trinajstić information content (AvgIpc) is 3.20. The lowest BCUT2D eigenvalue weighted by Gasteiger charge is -2.39. The first kappa shape index (κ1) is 19.4. The van der Waals surface area contributed by atoms with Crippen molar-refractivity contribution in [2.24, 2.45) is 0 Å². The lowest BCUT2D eigenvalue weighted by atomic mass is 10.0. The molecule has 1 amide bonds. The molecule has 2 fully saturated rings. The highest BCUT2D eigenvalue weighted by molar-refractivity contribution is 6.31. The minimum atomic E-state index is 0.199. The Bertz CT molecular complexity index is 832. The number of piperidine rings is 1. The zero-order valence-electron chi connectivity index (χ0n) is 16.5. The Morgan fingerprint density at radius 2 is 1.86 bits per heavy atom. The fraction of sp³-hybridized carbons (Fsp3) is 0.478. The van der Waals surface area contributed by atoms with E-state index in [9.17, 15) is 4.79 Å². The SMILES string of the molecule is CC(=O)N1CCC(N2CCC[C@@H]2c2cccc(Cc3ccccc3Cl)n2)CC1. The molecule has 2 aromatic rings. The van der Waals surface area contributed by atoms with E-state index in [2.05, 4.69) is 29.2 Å². The van der Waals surface area contributed by atoms with Crippen LogP contribution in [0.4, 0.5) is 0 Å². The predicted octanol–water partition coefficient (Wildman–Crippen LogP) is 4.47. The van der Waals surface area contributed by atoms with Gasteiger partial charge in [0.1, 0.15) is 0 Å². The third-order valence-corrected chi connectivity index (χ3v) is 6.54. The molecule has 1 aromatic heterocycles. The van der Waals surface area contributed by atoms with Crippen LogP contribution in [-0.2, 0) is 11.2 Å². The lowest BCUT2D eigenvalue weighted by molar-refractivity contribution is -0.130. The highest BCUT2D eigenvalue weighted by Crippen LogP contribution is 2.35. The second-order valence-electron chi connectivity index (χ2n) is 7.96. The molecule has 1 atom stereocenters. The molecule has 0 radical (unpaired) electrons. The summed E-state index contributed by atoms with van der Waals surface area (Å²) in [6.07, 6.45) is 5.27. The Balaban J connectivity index is 1.47. The first-order valence-electron chi connectivity index (χ1n) is 10.3. The molecule has 28 heavy (non-hydrogen) atoms. The molecule has 4 nitrogen and oxygen atoms in total. The van der Waals surface area contributed by atoms with Gasteiger partial charge >= 0.3 is 0 Å². The number of hydrogen-bond acceptors (Lipinski definition) is 3. The topological polar surface area (TPSA) is 36.4 Å². The maximum atomic E-state index is 11.6. The standard InChI is InChI=1S/C23H28ClN3O/c1-17(28)26-14-11-20(12-15-26)27-13-5-10-23(27)22-9-4-7-19(25-22)16-18-6-2-3-8-21(18)24/h2-4,6-9,20,23H,5,10-16H2,1H3/t23-/m1/s1. The van der Waals surface area contributed by atoms with Gasteiger partial charge in [-0.2, -0.15) is 0 Å². The van der Waals surface area contributed by atoms with E-state index in [1.54, 1.807) is 6.92 Å². The number of benzene rings is 1. The summed E-state index contributed by atoms with van der Waals surface area (Å²) in [7, 11) is 0. The number of carbonyl (C=O) groups is 1. The second kappa shape index (κ2) is 8.62. The van der Waals surface area contributed by atoms with Crippen LogP contribution in [0.2, 0.25) is 5.02 Å². The van der Waals surface area contributed by atoms with Crippen LogP contribution in [0.15, 0.2) is 42.5 Å². The van der Waals surface area contributed by atoms with Crippen LogP contribution in [0.25, 0.3) is 0 Å². The summed E-state index contributed by atoms with van der Waals surface area (Å²) in [6, 6.07) is 15.3. The van der Waals surface area contributed by atoms with Crippen LogP contribution in [0.3, 0.4) is 0 Å². The number of nitrogens with zero attached hydrogens (tertiary/aromatic N) is 3. The number of pyridine rings is 1. The summed E-state index contributed by atoms with van der Waals surface area (Å²) in [5.74, 6) is 0.199. The van der Waals surface area contributed by atoms with Crippen molar-refractivity contribution >= 4 is 17.5 Å². The summed E-state index contributed by atoms with van der Waals surface area (Å²) in [6.45, 7) is 4.56. The molecule has 4 rings (SSSR count). The molecule has 148 valence electrons. The fourth-order valence-corrected chi connectivity index (χ4v) is 4.88. The highest BCUT2D eigenvalue weighted by atomic mass is 35.5. The molecule has 0 unspecified atom stereocenters. The summed E-state index contributed by atoms with van der Waals surface area (Å²) in [4.78, 5) is 21.2. The number of carbonyl (C=O) groups excluding carboxylic acids is 1. The van der Waals surface area contributed by atoms with Gasteiger partial charge in [-0.1, -0.05) is 35.9 Å². The van der Waals surface area contributed by atoms with Crippen LogP contribution >= 0.6 is 11.6 Å². The smallest absolute Gasteiger partial charge is 0.219 e. The Labute approximate surface area is 172 Å². The molecule has 5 heteroatoms. The van der Waals surface area contributed by atoms with Gasteiger partial charge in [-0.15, -0.1) is 0 Å². The van der Waals surface area contributed by atoms with Crippen molar-refractivity contribution in [1.29, 1.82) is 0 Å². The summed E-state index contributed by atoms with van der Waals surface area (Å²) >= 11 is 6.34. The van der Waals surface area contributed by atoms with E-state index in [0.29, 0.717) is 12.1 Å². The number of likely N-dealkylation sites (tertiary alicyclic amines) is 2. The van der Waals surface area contributed by atoms with Crippen molar-refractivity contribution in [2.75, 3.05) is 19.6 Å². The first-order valence-corrected chi connectivity index (χ1v) is 10.7.